The zero-order valence-corrected chi connectivity index (χ0v) is 11.9. The minimum atomic E-state index is -2.96. The van der Waals surface area contributed by atoms with Gasteiger partial charge in [-0.3, -0.25) is 9.59 Å². The molecule has 0 saturated carbocycles. The predicted molar refractivity (Wildman–Crippen MR) is 75.7 cm³/mol. The molecule has 5 nitrogen and oxygen atoms in total. The molecule has 1 aliphatic heterocycles. The maximum atomic E-state index is 12.3. The van der Waals surface area contributed by atoms with Gasteiger partial charge in [-0.1, -0.05) is 23.9 Å². The molecule has 114 valence electrons. The number of nitrogens with one attached hydrogen (secondary N) is 1. The van der Waals surface area contributed by atoms with Crippen molar-refractivity contribution in [2.24, 2.45) is 0 Å². The summed E-state index contributed by atoms with van der Waals surface area (Å²) in [4.78, 5) is 24.8. The van der Waals surface area contributed by atoms with Crippen LogP contribution in [-0.4, -0.2) is 41.5 Å². The number of carbonyl (C=O) groups is 2. The van der Waals surface area contributed by atoms with E-state index in [0.717, 1.165) is 5.75 Å². The van der Waals surface area contributed by atoms with Gasteiger partial charge in [0.25, 0.3) is 5.24 Å². The minimum Gasteiger partial charge on any atom is -0.433 e. The Morgan fingerprint density at radius 1 is 1.43 bits per heavy atom. The predicted octanol–water partition coefficient (Wildman–Crippen LogP) is 2.79. The molecule has 0 unspecified atom stereocenters. The number of thioether (sulfide) groups is 1. The summed E-state index contributed by atoms with van der Waals surface area (Å²) in [6.07, 6.45) is 0.106. The standard InChI is InChI=1S/C13H14F2N2O3S/c14-12(15)20-10-4-2-1-3-9(10)16-11(18)5-6-17-7-8-21-13(17)19/h1-4,12H,5-8H2,(H,16,18). The molecule has 2 amide bonds. The van der Waals surface area contributed by atoms with Crippen LogP contribution in [0, 0.1) is 0 Å². The number of nitrogens with zero attached hydrogens (tertiary/aromatic N) is 1. The van der Waals surface area contributed by atoms with Gasteiger partial charge in [-0.25, -0.2) is 0 Å². The van der Waals surface area contributed by atoms with E-state index in [9.17, 15) is 18.4 Å². The van der Waals surface area contributed by atoms with Crippen LogP contribution in [0.5, 0.6) is 5.75 Å². The lowest BCUT2D eigenvalue weighted by Crippen LogP contribution is -2.27. The summed E-state index contributed by atoms with van der Waals surface area (Å²) < 4.78 is 28.8. The largest absolute Gasteiger partial charge is 0.433 e. The van der Waals surface area contributed by atoms with Gasteiger partial charge in [-0.05, 0) is 12.1 Å². The molecule has 2 rings (SSSR count). The van der Waals surface area contributed by atoms with Crippen molar-refractivity contribution in [3.63, 3.8) is 0 Å². The Morgan fingerprint density at radius 3 is 2.86 bits per heavy atom. The van der Waals surface area contributed by atoms with Crippen LogP contribution < -0.4 is 10.1 Å². The van der Waals surface area contributed by atoms with E-state index in [-0.39, 0.29) is 29.0 Å². The van der Waals surface area contributed by atoms with Crippen molar-refractivity contribution in [3.05, 3.63) is 24.3 Å². The Labute approximate surface area is 124 Å². The van der Waals surface area contributed by atoms with Crippen molar-refractivity contribution in [1.82, 2.24) is 4.90 Å². The molecule has 0 atom stereocenters. The number of carbonyl (C=O) groups excluding carboxylic acids is 2. The molecule has 1 N–H and O–H groups in total. The lowest BCUT2D eigenvalue weighted by Gasteiger charge is -2.15. The molecular weight excluding hydrogens is 302 g/mol. The average Bonchev–Trinajstić information content (AvgIpc) is 2.84. The Kier molecular flexibility index (Phi) is 5.38. The van der Waals surface area contributed by atoms with Crippen LogP contribution in [0.25, 0.3) is 0 Å². The topological polar surface area (TPSA) is 58.6 Å². The van der Waals surface area contributed by atoms with Crippen LogP contribution in [0.1, 0.15) is 6.42 Å². The smallest absolute Gasteiger partial charge is 0.387 e. The number of ether oxygens (including phenoxy) is 1. The van der Waals surface area contributed by atoms with E-state index < -0.39 is 6.61 Å². The molecular formula is C13H14F2N2O3S. The third-order valence-electron chi connectivity index (χ3n) is 2.83. The summed E-state index contributed by atoms with van der Waals surface area (Å²) >= 11 is 1.22. The van der Waals surface area contributed by atoms with Crippen molar-refractivity contribution < 1.29 is 23.1 Å². The number of para-hydroxylation sites is 2. The molecule has 1 saturated heterocycles. The van der Waals surface area contributed by atoms with Gasteiger partial charge in [0.05, 0.1) is 5.69 Å². The van der Waals surface area contributed by atoms with Crippen LogP contribution in [0.3, 0.4) is 0 Å². The second-order valence-electron chi connectivity index (χ2n) is 4.27. The van der Waals surface area contributed by atoms with E-state index in [1.54, 1.807) is 11.0 Å². The van der Waals surface area contributed by atoms with Gasteiger partial charge in [-0.2, -0.15) is 8.78 Å². The van der Waals surface area contributed by atoms with Crippen LogP contribution in [-0.2, 0) is 4.79 Å². The van der Waals surface area contributed by atoms with E-state index in [0.29, 0.717) is 13.1 Å². The molecule has 1 aliphatic rings. The first-order valence-electron chi connectivity index (χ1n) is 6.31. The quantitative estimate of drug-likeness (QED) is 0.877. The van der Waals surface area contributed by atoms with E-state index in [1.165, 1.54) is 30.0 Å². The summed E-state index contributed by atoms with van der Waals surface area (Å²) in [5.41, 5.74) is 0.185. The van der Waals surface area contributed by atoms with Gasteiger partial charge in [0.15, 0.2) is 0 Å². The number of amides is 2. The van der Waals surface area contributed by atoms with Gasteiger partial charge in [0.2, 0.25) is 5.91 Å². The van der Waals surface area contributed by atoms with Crippen molar-refractivity contribution in [3.8, 4) is 5.75 Å². The maximum Gasteiger partial charge on any atom is 0.387 e. The Balaban J connectivity index is 1.89. The van der Waals surface area contributed by atoms with Gasteiger partial charge < -0.3 is 15.0 Å². The summed E-state index contributed by atoms with van der Waals surface area (Å²) in [6.45, 7) is -2.01. The van der Waals surface area contributed by atoms with E-state index in [2.05, 4.69) is 10.1 Å². The Morgan fingerprint density at radius 2 is 2.19 bits per heavy atom. The van der Waals surface area contributed by atoms with Crippen LogP contribution in [0.2, 0.25) is 0 Å². The van der Waals surface area contributed by atoms with E-state index in [4.69, 9.17) is 0 Å². The first-order valence-corrected chi connectivity index (χ1v) is 7.30. The number of halogens is 2. The van der Waals surface area contributed by atoms with Gasteiger partial charge in [0, 0.05) is 25.3 Å². The molecule has 1 aromatic rings. The molecule has 0 radical (unpaired) electrons. The molecule has 1 heterocycles. The Hall–Kier alpha value is -1.83. The summed E-state index contributed by atoms with van der Waals surface area (Å²) in [6, 6.07) is 5.97. The monoisotopic (exact) mass is 316 g/mol. The van der Waals surface area contributed by atoms with Crippen molar-refractivity contribution in [2.45, 2.75) is 13.0 Å². The highest BCUT2D eigenvalue weighted by Crippen LogP contribution is 2.25. The molecule has 1 fully saturated rings. The molecule has 0 bridgehead atoms. The number of benzene rings is 1. The second-order valence-corrected chi connectivity index (χ2v) is 5.32. The fraction of sp³-hybridized carbons (Fsp3) is 0.385. The van der Waals surface area contributed by atoms with Crippen LogP contribution in [0.4, 0.5) is 19.3 Å². The molecule has 21 heavy (non-hydrogen) atoms. The number of rotatable bonds is 6. The number of hydrogen-bond acceptors (Lipinski definition) is 4. The second kappa shape index (κ2) is 7.26. The molecule has 0 spiro atoms. The van der Waals surface area contributed by atoms with Gasteiger partial charge in [0.1, 0.15) is 5.75 Å². The zero-order chi connectivity index (χ0) is 15.2. The minimum absolute atomic E-state index is 0.0377. The lowest BCUT2D eigenvalue weighted by molar-refractivity contribution is -0.116. The summed E-state index contributed by atoms with van der Waals surface area (Å²) in [5, 5.41) is 2.47. The number of hydrogen-bond donors (Lipinski definition) is 1. The molecule has 0 aromatic heterocycles. The summed E-state index contributed by atoms with van der Waals surface area (Å²) in [7, 11) is 0. The third kappa shape index (κ3) is 4.59. The van der Waals surface area contributed by atoms with Crippen molar-refractivity contribution in [1.29, 1.82) is 0 Å². The van der Waals surface area contributed by atoms with Gasteiger partial charge in [-0.15, -0.1) is 0 Å². The highest BCUT2D eigenvalue weighted by atomic mass is 32.2. The highest BCUT2D eigenvalue weighted by Gasteiger charge is 2.21. The number of alkyl halides is 2. The van der Waals surface area contributed by atoms with E-state index >= 15 is 0 Å². The molecule has 1 aromatic carbocycles. The van der Waals surface area contributed by atoms with Crippen LogP contribution >= 0.6 is 11.8 Å². The lowest BCUT2D eigenvalue weighted by atomic mass is 10.2. The molecule has 8 heteroatoms. The third-order valence-corrected chi connectivity index (χ3v) is 3.72. The zero-order valence-electron chi connectivity index (χ0n) is 11.1. The van der Waals surface area contributed by atoms with E-state index in [1.807, 2.05) is 0 Å². The normalized spacial score (nSPS) is 14.6. The fourth-order valence-corrected chi connectivity index (χ4v) is 2.70. The summed E-state index contributed by atoms with van der Waals surface area (Å²) in [5.74, 6) is 0.282. The average molecular weight is 316 g/mol. The highest BCUT2D eigenvalue weighted by molar-refractivity contribution is 8.13. The molecule has 0 aliphatic carbocycles. The van der Waals surface area contributed by atoms with Crippen molar-refractivity contribution >= 4 is 28.6 Å². The Bertz CT molecular complexity index is 528. The first-order chi connectivity index (χ1) is 10.1. The first kappa shape index (κ1) is 15.6. The van der Waals surface area contributed by atoms with Gasteiger partial charge >= 0.3 is 6.61 Å². The van der Waals surface area contributed by atoms with Crippen LogP contribution in [0.15, 0.2) is 24.3 Å². The van der Waals surface area contributed by atoms with Crippen molar-refractivity contribution in [2.75, 3.05) is 24.2 Å². The number of anilines is 1. The maximum absolute atomic E-state index is 12.3. The SMILES string of the molecule is O=C(CCN1CCSC1=O)Nc1ccccc1OC(F)F. The fourth-order valence-electron chi connectivity index (χ4n) is 1.85.